The third-order valence-corrected chi connectivity index (χ3v) is 7.53. The predicted octanol–water partition coefficient (Wildman–Crippen LogP) is 2.96. The van der Waals surface area contributed by atoms with Gasteiger partial charge in [0, 0.05) is 19.7 Å². The number of thiophene rings is 1. The van der Waals surface area contributed by atoms with Crippen LogP contribution in [0, 0.1) is 0 Å². The second-order valence-corrected chi connectivity index (χ2v) is 8.92. The first-order valence-electron chi connectivity index (χ1n) is 5.42. The molecule has 1 heterocycles. The minimum absolute atomic E-state index is 0.116. The van der Waals surface area contributed by atoms with E-state index in [4.69, 9.17) is 16.3 Å². The van der Waals surface area contributed by atoms with Crippen LogP contribution in [0.5, 0.6) is 0 Å². The van der Waals surface area contributed by atoms with Gasteiger partial charge in [0.25, 0.3) is 10.0 Å². The van der Waals surface area contributed by atoms with Crippen molar-refractivity contribution in [2.45, 2.75) is 23.1 Å². The Labute approximate surface area is 124 Å². The van der Waals surface area contributed by atoms with E-state index in [2.05, 4.69) is 15.9 Å². The second-order valence-electron chi connectivity index (χ2n) is 4.03. The van der Waals surface area contributed by atoms with Gasteiger partial charge in [-0.2, -0.15) is 4.31 Å². The first-order chi connectivity index (χ1) is 8.46. The van der Waals surface area contributed by atoms with Crippen molar-refractivity contribution in [2.75, 3.05) is 20.3 Å². The van der Waals surface area contributed by atoms with E-state index >= 15 is 0 Å². The Morgan fingerprint density at radius 1 is 1.61 bits per heavy atom. The summed E-state index contributed by atoms with van der Waals surface area (Å²) in [6.45, 7) is 0.784. The molecule has 1 aromatic rings. The summed E-state index contributed by atoms with van der Waals surface area (Å²) < 4.78 is 32.4. The van der Waals surface area contributed by atoms with Gasteiger partial charge in [-0.05, 0) is 34.8 Å². The molecule has 1 aliphatic rings. The number of halogens is 2. The van der Waals surface area contributed by atoms with E-state index < -0.39 is 10.0 Å². The third-order valence-electron chi connectivity index (χ3n) is 2.66. The fourth-order valence-electron chi connectivity index (χ4n) is 1.61. The SMILES string of the molecule is COCCN(C1CC1)S(=O)(=O)c1cc(Cl)c(Br)s1. The van der Waals surface area contributed by atoms with Crippen molar-refractivity contribution in [3.05, 3.63) is 14.9 Å². The Hall–Kier alpha value is 0.340. The summed E-state index contributed by atoms with van der Waals surface area (Å²) in [6.07, 6.45) is 1.84. The summed E-state index contributed by atoms with van der Waals surface area (Å²) in [7, 11) is -1.89. The van der Waals surface area contributed by atoms with Gasteiger partial charge < -0.3 is 4.74 Å². The van der Waals surface area contributed by atoms with Crippen molar-refractivity contribution >= 4 is 48.9 Å². The molecule has 2 rings (SSSR count). The van der Waals surface area contributed by atoms with Gasteiger partial charge >= 0.3 is 0 Å². The molecule has 1 aliphatic carbocycles. The maximum absolute atomic E-state index is 12.5. The van der Waals surface area contributed by atoms with E-state index in [1.165, 1.54) is 10.4 Å². The van der Waals surface area contributed by atoms with Crippen LogP contribution in [0.1, 0.15) is 12.8 Å². The molecule has 1 saturated carbocycles. The topological polar surface area (TPSA) is 46.6 Å². The van der Waals surface area contributed by atoms with Crippen LogP contribution in [0.4, 0.5) is 0 Å². The summed E-state index contributed by atoms with van der Waals surface area (Å²) in [5.74, 6) is 0. The van der Waals surface area contributed by atoms with Gasteiger partial charge in [-0.1, -0.05) is 11.6 Å². The molecule has 1 aromatic heterocycles. The van der Waals surface area contributed by atoms with Crippen molar-refractivity contribution in [3.63, 3.8) is 0 Å². The first-order valence-corrected chi connectivity index (χ1v) is 8.85. The van der Waals surface area contributed by atoms with E-state index in [0.717, 1.165) is 24.2 Å². The van der Waals surface area contributed by atoms with Crippen LogP contribution in [0.15, 0.2) is 14.1 Å². The number of sulfonamides is 1. The highest BCUT2D eigenvalue weighted by molar-refractivity contribution is 9.11. The summed E-state index contributed by atoms with van der Waals surface area (Å²) in [5.41, 5.74) is 0. The quantitative estimate of drug-likeness (QED) is 0.769. The summed E-state index contributed by atoms with van der Waals surface area (Å²) in [4.78, 5) is 0. The number of rotatable bonds is 6. The molecule has 0 unspecified atom stereocenters. The molecule has 18 heavy (non-hydrogen) atoms. The molecule has 0 spiro atoms. The van der Waals surface area contributed by atoms with E-state index in [9.17, 15) is 8.42 Å². The molecule has 0 bridgehead atoms. The molecule has 0 atom stereocenters. The molecule has 0 N–H and O–H groups in total. The lowest BCUT2D eigenvalue weighted by molar-refractivity contribution is 0.177. The fourth-order valence-corrected chi connectivity index (χ4v) is 5.81. The molecular formula is C10H13BrClNO3S2. The monoisotopic (exact) mass is 373 g/mol. The van der Waals surface area contributed by atoms with Crippen LogP contribution < -0.4 is 0 Å². The molecule has 0 amide bonds. The zero-order chi connectivity index (χ0) is 13.3. The molecule has 0 aromatic carbocycles. The second kappa shape index (κ2) is 5.76. The maximum Gasteiger partial charge on any atom is 0.252 e. The molecule has 8 heteroatoms. The Kier molecular flexibility index (Phi) is 4.72. The van der Waals surface area contributed by atoms with E-state index in [1.807, 2.05) is 0 Å². The average Bonchev–Trinajstić information content (AvgIpc) is 3.07. The number of ether oxygens (including phenoxy) is 1. The van der Waals surface area contributed by atoms with Crippen LogP contribution >= 0.6 is 38.9 Å². The Bertz CT molecular complexity index is 508. The van der Waals surface area contributed by atoms with Gasteiger partial charge in [-0.3, -0.25) is 0 Å². The highest BCUT2D eigenvalue weighted by Crippen LogP contribution is 2.38. The number of methoxy groups -OCH3 is 1. The maximum atomic E-state index is 12.5. The smallest absolute Gasteiger partial charge is 0.252 e. The average molecular weight is 375 g/mol. The number of hydrogen-bond acceptors (Lipinski definition) is 4. The van der Waals surface area contributed by atoms with Crippen LogP contribution in [-0.2, 0) is 14.8 Å². The zero-order valence-corrected chi connectivity index (χ0v) is 13.7. The molecule has 4 nitrogen and oxygen atoms in total. The van der Waals surface area contributed by atoms with Gasteiger partial charge in [0.05, 0.1) is 15.4 Å². The summed E-state index contributed by atoms with van der Waals surface area (Å²) in [5, 5.41) is 0.432. The predicted molar refractivity (Wildman–Crippen MR) is 75.8 cm³/mol. The van der Waals surface area contributed by atoms with Crippen molar-refractivity contribution in [1.82, 2.24) is 4.31 Å². The van der Waals surface area contributed by atoms with Crippen molar-refractivity contribution in [2.24, 2.45) is 0 Å². The Morgan fingerprint density at radius 3 is 2.72 bits per heavy atom. The lowest BCUT2D eigenvalue weighted by atomic mass is 10.6. The van der Waals surface area contributed by atoms with E-state index in [1.54, 1.807) is 7.11 Å². The fraction of sp³-hybridized carbons (Fsp3) is 0.600. The lowest BCUT2D eigenvalue weighted by Crippen LogP contribution is -2.35. The van der Waals surface area contributed by atoms with Crippen LogP contribution in [0.3, 0.4) is 0 Å². The highest BCUT2D eigenvalue weighted by atomic mass is 79.9. The van der Waals surface area contributed by atoms with Gasteiger partial charge in [-0.15, -0.1) is 11.3 Å². The van der Waals surface area contributed by atoms with E-state index in [0.29, 0.717) is 22.0 Å². The van der Waals surface area contributed by atoms with Crippen LogP contribution in [0.25, 0.3) is 0 Å². The first kappa shape index (κ1) is 14.7. The summed E-state index contributed by atoms with van der Waals surface area (Å²) >= 11 is 10.3. The van der Waals surface area contributed by atoms with Gasteiger partial charge in [0.15, 0.2) is 0 Å². The van der Waals surface area contributed by atoms with E-state index in [-0.39, 0.29) is 10.3 Å². The van der Waals surface area contributed by atoms with Crippen molar-refractivity contribution in [1.29, 1.82) is 0 Å². The largest absolute Gasteiger partial charge is 0.383 e. The minimum Gasteiger partial charge on any atom is -0.383 e. The molecule has 0 radical (unpaired) electrons. The van der Waals surface area contributed by atoms with Crippen molar-refractivity contribution in [3.8, 4) is 0 Å². The summed E-state index contributed by atoms with van der Waals surface area (Å²) in [6, 6.07) is 1.61. The highest BCUT2D eigenvalue weighted by Gasteiger charge is 2.38. The van der Waals surface area contributed by atoms with Crippen LogP contribution in [-0.4, -0.2) is 39.0 Å². The molecule has 102 valence electrons. The molecule has 0 saturated heterocycles. The van der Waals surface area contributed by atoms with Gasteiger partial charge in [-0.25, -0.2) is 8.42 Å². The lowest BCUT2D eigenvalue weighted by Gasteiger charge is -2.20. The number of hydrogen-bond donors (Lipinski definition) is 0. The Balaban J connectivity index is 2.26. The van der Waals surface area contributed by atoms with Crippen LogP contribution in [0.2, 0.25) is 5.02 Å². The van der Waals surface area contributed by atoms with Gasteiger partial charge in [0.1, 0.15) is 4.21 Å². The molecule has 1 fully saturated rings. The zero-order valence-electron chi connectivity index (χ0n) is 9.73. The van der Waals surface area contributed by atoms with Crippen molar-refractivity contribution < 1.29 is 13.2 Å². The van der Waals surface area contributed by atoms with Gasteiger partial charge in [0.2, 0.25) is 0 Å². The molecular weight excluding hydrogens is 362 g/mol. The normalized spacial score (nSPS) is 16.4. The Morgan fingerprint density at radius 2 is 2.28 bits per heavy atom. The standard InChI is InChI=1S/C10H13BrClNO3S2/c1-16-5-4-13(7-2-3-7)18(14,15)9-6-8(12)10(11)17-9/h6-7H,2-5H2,1H3. The third kappa shape index (κ3) is 3.08. The number of nitrogens with zero attached hydrogens (tertiary/aromatic N) is 1. The molecule has 0 aliphatic heterocycles. The minimum atomic E-state index is -3.45.